The van der Waals surface area contributed by atoms with Gasteiger partial charge in [0, 0.05) is 50.8 Å². The highest BCUT2D eigenvalue weighted by atomic mass is 15.3. The Hall–Kier alpha value is -6.00. The number of fused-ring (bicyclic) bond motifs is 7. The van der Waals surface area contributed by atoms with Gasteiger partial charge in [0.1, 0.15) is 0 Å². The van der Waals surface area contributed by atoms with Gasteiger partial charge < -0.3 is 14.7 Å². The van der Waals surface area contributed by atoms with Crippen LogP contribution in [-0.4, -0.2) is 12.3 Å². The molecule has 4 aliphatic rings. The molecule has 0 spiro atoms. The molecule has 11 rings (SSSR count). The zero-order valence-corrected chi connectivity index (χ0v) is 37.8. The minimum Gasteiger partial charge on any atom is -0.334 e. The van der Waals surface area contributed by atoms with Crippen molar-refractivity contribution in [3.8, 4) is 11.1 Å². The molecular weight excluding hydrogens is 749 g/mol. The van der Waals surface area contributed by atoms with E-state index in [1.165, 1.54) is 109 Å². The first-order valence-corrected chi connectivity index (χ1v) is 22.9. The number of rotatable bonds is 4. The molecule has 0 amide bonds. The molecule has 1 aliphatic carbocycles. The number of benzene rings is 7. The first-order chi connectivity index (χ1) is 29.8. The predicted octanol–water partition coefficient (Wildman–Crippen LogP) is 13.8. The summed E-state index contributed by atoms with van der Waals surface area (Å²) in [7, 11) is 0. The van der Waals surface area contributed by atoms with Gasteiger partial charge in [0.25, 0.3) is 6.71 Å². The average Bonchev–Trinajstić information content (AvgIpc) is 3.48. The van der Waals surface area contributed by atoms with Gasteiger partial charge >= 0.3 is 0 Å². The summed E-state index contributed by atoms with van der Waals surface area (Å²) in [4.78, 5) is 7.98. The Labute approximate surface area is 370 Å². The molecule has 0 aromatic heterocycles. The largest absolute Gasteiger partial charge is 0.334 e. The maximum Gasteiger partial charge on any atom is 0.252 e. The summed E-state index contributed by atoms with van der Waals surface area (Å²) in [5.41, 5.74) is 20.7. The Balaban J connectivity index is 1.26. The molecule has 1 saturated carbocycles. The van der Waals surface area contributed by atoms with Crippen LogP contribution in [0, 0.1) is 0 Å². The molecule has 7 aromatic rings. The normalized spacial score (nSPS) is 20.0. The van der Waals surface area contributed by atoms with Crippen molar-refractivity contribution < 1.29 is 0 Å². The minimum absolute atomic E-state index is 0.00121. The molecule has 2 unspecified atom stereocenters. The summed E-state index contributed by atoms with van der Waals surface area (Å²) in [6.45, 7) is 19.3. The van der Waals surface area contributed by atoms with E-state index in [2.05, 4.69) is 228 Å². The second-order valence-electron chi connectivity index (χ2n) is 20.9. The first kappa shape index (κ1) is 38.9. The van der Waals surface area contributed by atoms with Gasteiger partial charge in [0.2, 0.25) is 0 Å². The summed E-state index contributed by atoms with van der Waals surface area (Å²) >= 11 is 0. The van der Waals surface area contributed by atoms with E-state index < -0.39 is 0 Å². The third kappa shape index (κ3) is 5.64. The summed E-state index contributed by atoms with van der Waals surface area (Å²) in [6.07, 6.45) is 4.81. The minimum atomic E-state index is -0.116. The maximum absolute atomic E-state index is 2.79. The van der Waals surface area contributed by atoms with Crippen LogP contribution in [0.5, 0.6) is 0 Å². The van der Waals surface area contributed by atoms with Crippen LogP contribution in [0.1, 0.15) is 97.8 Å². The molecule has 4 heteroatoms. The molecule has 3 nitrogen and oxygen atoms in total. The Kier molecular flexibility index (Phi) is 8.63. The van der Waals surface area contributed by atoms with E-state index in [4.69, 9.17) is 0 Å². The third-order valence-corrected chi connectivity index (χ3v) is 15.3. The van der Waals surface area contributed by atoms with Gasteiger partial charge in [-0.2, -0.15) is 0 Å². The van der Waals surface area contributed by atoms with Gasteiger partial charge in [-0.15, -0.1) is 0 Å². The fourth-order valence-electron chi connectivity index (χ4n) is 11.8. The van der Waals surface area contributed by atoms with E-state index in [1.54, 1.807) is 0 Å². The Morgan fingerprint density at radius 1 is 0.468 bits per heavy atom. The molecule has 0 saturated heterocycles. The fourth-order valence-corrected chi connectivity index (χ4v) is 11.8. The van der Waals surface area contributed by atoms with Crippen molar-refractivity contribution in [3.05, 3.63) is 174 Å². The average molecular weight is 808 g/mol. The number of para-hydroxylation sites is 3. The highest BCUT2D eigenvalue weighted by molar-refractivity contribution is 7.00. The van der Waals surface area contributed by atoms with Gasteiger partial charge in [0.15, 0.2) is 0 Å². The van der Waals surface area contributed by atoms with Crippen LogP contribution in [0.3, 0.4) is 0 Å². The fraction of sp³-hybridized carbons (Fsp3) is 0.276. The zero-order valence-electron chi connectivity index (χ0n) is 37.8. The lowest BCUT2D eigenvalue weighted by atomic mass is 9.33. The Morgan fingerprint density at radius 3 is 1.65 bits per heavy atom. The molecule has 308 valence electrons. The van der Waals surface area contributed by atoms with Crippen molar-refractivity contribution in [2.75, 3.05) is 14.7 Å². The summed E-state index contributed by atoms with van der Waals surface area (Å²) in [5.74, 6) is 0. The topological polar surface area (TPSA) is 9.72 Å². The number of anilines is 8. The molecule has 3 aliphatic heterocycles. The van der Waals surface area contributed by atoms with Gasteiger partial charge in [-0.1, -0.05) is 164 Å². The van der Waals surface area contributed by atoms with Crippen LogP contribution < -0.4 is 31.1 Å². The Morgan fingerprint density at radius 2 is 1.00 bits per heavy atom. The number of nitrogens with zero attached hydrogens (tertiary/aromatic N) is 3. The van der Waals surface area contributed by atoms with E-state index in [1.807, 2.05) is 0 Å². The Bertz CT molecular complexity index is 2890. The smallest absolute Gasteiger partial charge is 0.252 e. The third-order valence-electron chi connectivity index (χ3n) is 15.3. The van der Waals surface area contributed by atoms with Crippen LogP contribution in [-0.2, 0) is 16.2 Å². The maximum atomic E-state index is 2.79. The molecular formula is C58H58BN3. The molecule has 1 fully saturated rings. The molecule has 62 heavy (non-hydrogen) atoms. The van der Waals surface area contributed by atoms with Crippen LogP contribution in [0.4, 0.5) is 45.5 Å². The second-order valence-corrected chi connectivity index (χ2v) is 20.9. The monoisotopic (exact) mass is 807 g/mol. The van der Waals surface area contributed by atoms with E-state index in [-0.39, 0.29) is 28.5 Å². The van der Waals surface area contributed by atoms with Crippen LogP contribution in [0.2, 0.25) is 0 Å². The number of hydrogen-bond donors (Lipinski definition) is 0. The van der Waals surface area contributed by atoms with Gasteiger partial charge in [-0.25, -0.2) is 0 Å². The second kappa shape index (κ2) is 13.8. The molecule has 7 aromatic carbocycles. The number of hydrogen-bond acceptors (Lipinski definition) is 3. The van der Waals surface area contributed by atoms with Crippen LogP contribution in [0.25, 0.3) is 11.1 Å². The molecule has 3 heterocycles. The van der Waals surface area contributed by atoms with E-state index >= 15 is 0 Å². The lowest BCUT2D eigenvalue weighted by molar-refractivity contribution is 0.195. The van der Waals surface area contributed by atoms with Crippen molar-refractivity contribution >= 4 is 68.6 Å². The molecule has 2 atom stereocenters. The molecule has 0 bridgehead atoms. The van der Waals surface area contributed by atoms with Crippen molar-refractivity contribution in [2.45, 2.75) is 103 Å². The summed E-state index contributed by atoms with van der Waals surface area (Å²) in [5, 5.41) is 0. The van der Waals surface area contributed by atoms with Crippen LogP contribution >= 0.6 is 0 Å². The zero-order chi connectivity index (χ0) is 42.8. The highest BCUT2D eigenvalue weighted by Gasteiger charge is 2.58. The van der Waals surface area contributed by atoms with Crippen molar-refractivity contribution in [2.24, 2.45) is 0 Å². The SMILES string of the molecule is CC(C)(C)c1ccc(N2c3ccccc3B3c4ccccc4N(c4ccccc4)c4cc(N5c6ccc(C(C)(C)C)cc6C6(C)CCCCC56C)cc2c43)c(-c2ccccc2)c1. The quantitative estimate of drug-likeness (QED) is 0.164. The van der Waals surface area contributed by atoms with Crippen molar-refractivity contribution in [1.82, 2.24) is 0 Å². The standard InChI is InChI=1S/C58H58BN3/c1-55(2,3)40-29-31-48(44(35-40)39-21-11-9-12-22-39)61-51-28-18-16-26-47(51)59-46-25-15-17-27-50(46)60(42-23-13-10-14-24-42)52-37-43(38-53(61)54(52)59)62-49-32-30-41(56(4,5)6)36-45(49)57(7)33-19-20-34-58(57,62)8/h9-18,21-32,35-38H,19-20,33-34H2,1-8H3. The van der Waals surface area contributed by atoms with E-state index in [9.17, 15) is 0 Å². The van der Waals surface area contributed by atoms with E-state index in [0.717, 1.165) is 6.42 Å². The highest BCUT2D eigenvalue weighted by Crippen LogP contribution is 2.62. The molecule has 0 radical (unpaired) electrons. The van der Waals surface area contributed by atoms with Gasteiger partial charge in [0.05, 0.1) is 11.2 Å². The lowest BCUT2D eigenvalue weighted by Gasteiger charge is -2.51. The summed E-state index contributed by atoms with van der Waals surface area (Å²) in [6, 6.07) is 60.3. The van der Waals surface area contributed by atoms with Crippen molar-refractivity contribution in [3.63, 3.8) is 0 Å². The van der Waals surface area contributed by atoms with Gasteiger partial charge in [-0.3, -0.25) is 0 Å². The van der Waals surface area contributed by atoms with Crippen LogP contribution in [0.15, 0.2) is 158 Å². The lowest BCUT2D eigenvalue weighted by Crippen LogP contribution is -2.61. The van der Waals surface area contributed by atoms with Gasteiger partial charge in [-0.05, 0) is 124 Å². The summed E-state index contributed by atoms with van der Waals surface area (Å²) < 4.78 is 0. The van der Waals surface area contributed by atoms with E-state index in [0.29, 0.717) is 0 Å². The first-order valence-electron chi connectivity index (χ1n) is 22.9. The predicted molar refractivity (Wildman–Crippen MR) is 266 cm³/mol. The molecule has 0 N–H and O–H groups in total. The van der Waals surface area contributed by atoms with Crippen molar-refractivity contribution in [1.29, 1.82) is 0 Å².